The lowest BCUT2D eigenvalue weighted by Crippen LogP contribution is -2.44. The zero-order chi connectivity index (χ0) is 24.7. The number of benzene rings is 2. The first-order valence-corrected chi connectivity index (χ1v) is 11.0. The van der Waals surface area contributed by atoms with Crippen molar-refractivity contribution in [1.29, 1.82) is 0 Å². The molecule has 2 aromatic carbocycles. The summed E-state index contributed by atoms with van der Waals surface area (Å²) in [6.07, 6.45) is -1.11. The molecular weight excluding hydrogens is 442 g/mol. The quantitative estimate of drug-likeness (QED) is 0.270. The standard InChI is InChI=1S/C24H27N3O7/c1-16(23(29)33-15-17-7-3-2-4-8-17)22(28)26-13-11-18(12-14-26)21(34-24(25)30)19-9-5-6-10-20(19)27(31)32/h2-10,16,18,21H,11-15H2,1H3,(H2,25,30). The Bertz CT molecular complexity index is 1040. The number of rotatable bonds is 8. The van der Waals surface area contributed by atoms with Crippen LogP contribution in [0.5, 0.6) is 0 Å². The predicted octanol–water partition coefficient (Wildman–Crippen LogP) is 3.35. The third-order valence-corrected chi connectivity index (χ3v) is 5.91. The van der Waals surface area contributed by atoms with Crippen molar-refractivity contribution in [3.05, 3.63) is 75.8 Å². The topological polar surface area (TPSA) is 142 Å². The number of nitro groups is 1. The van der Waals surface area contributed by atoms with Crippen LogP contribution in [0.4, 0.5) is 10.5 Å². The summed E-state index contributed by atoms with van der Waals surface area (Å²) in [6, 6.07) is 15.2. The van der Waals surface area contributed by atoms with Gasteiger partial charge < -0.3 is 20.1 Å². The molecule has 3 rings (SSSR count). The van der Waals surface area contributed by atoms with Crippen LogP contribution in [-0.2, 0) is 25.7 Å². The molecule has 0 saturated carbocycles. The molecule has 2 unspecified atom stereocenters. The second kappa shape index (κ2) is 11.3. The number of piperidine rings is 1. The van der Waals surface area contributed by atoms with Gasteiger partial charge in [0.15, 0.2) is 0 Å². The zero-order valence-electron chi connectivity index (χ0n) is 18.8. The molecule has 2 N–H and O–H groups in total. The SMILES string of the molecule is CC(C(=O)OCc1ccccc1)C(=O)N1CCC(C(OC(N)=O)c2ccccc2[N+](=O)[O-])CC1. The first-order chi connectivity index (χ1) is 16.3. The lowest BCUT2D eigenvalue weighted by atomic mass is 9.86. The van der Waals surface area contributed by atoms with Gasteiger partial charge in [-0.15, -0.1) is 0 Å². The van der Waals surface area contributed by atoms with Crippen molar-refractivity contribution in [1.82, 2.24) is 4.90 Å². The van der Waals surface area contributed by atoms with Gasteiger partial charge in [0.1, 0.15) is 18.6 Å². The summed E-state index contributed by atoms with van der Waals surface area (Å²) in [5.74, 6) is -2.20. The summed E-state index contributed by atoms with van der Waals surface area (Å²) in [4.78, 5) is 49.2. The van der Waals surface area contributed by atoms with Crippen molar-refractivity contribution in [2.75, 3.05) is 13.1 Å². The maximum atomic E-state index is 12.8. The van der Waals surface area contributed by atoms with Crippen LogP contribution in [-0.4, -0.2) is 40.9 Å². The van der Waals surface area contributed by atoms with Gasteiger partial charge in [0.05, 0.1) is 10.5 Å². The highest BCUT2D eigenvalue weighted by atomic mass is 16.6. The number of primary amides is 1. The van der Waals surface area contributed by atoms with E-state index in [0.717, 1.165) is 5.56 Å². The Labute approximate surface area is 196 Å². The fourth-order valence-corrected chi connectivity index (χ4v) is 4.08. The van der Waals surface area contributed by atoms with Gasteiger partial charge in [0.2, 0.25) is 5.91 Å². The Hall–Kier alpha value is -3.95. The Kier molecular flexibility index (Phi) is 8.18. The molecule has 34 heavy (non-hydrogen) atoms. The van der Waals surface area contributed by atoms with Gasteiger partial charge in [-0.1, -0.05) is 42.5 Å². The van der Waals surface area contributed by atoms with Crippen LogP contribution in [0.2, 0.25) is 0 Å². The van der Waals surface area contributed by atoms with Crippen LogP contribution in [0.25, 0.3) is 0 Å². The minimum Gasteiger partial charge on any atom is -0.460 e. The summed E-state index contributed by atoms with van der Waals surface area (Å²) >= 11 is 0. The van der Waals surface area contributed by atoms with E-state index < -0.39 is 29.0 Å². The first-order valence-electron chi connectivity index (χ1n) is 11.0. The molecule has 10 heteroatoms. The van der Waals surface area contributed by atoms with Crippen LogP contribution < -0.4 is 5.73 Å². The van der Waals surface area contributed by atoms with Crippen LogP contribution in [0.3, 0.4) is 0 Å². The van der Waals surface area contributed by atoms with E-state index in [1.54, 1.807) is 11.0 Å². The number of esters is 1. The molecule has 0 radical (unpaired) electrons. The maximum Gasteiger partial charge on any atom is 0.405 e. The minimum atomic E-state index is -1.03. The predicted molar refractivity (Wildman–Crippen MR) is 121 cm³/mol. The molecule has 2 aromatic rings. The van der Waals surface area contributed by atoms with Crippen molar-refractivity contribution in [3.8, 4) is 0 Å². The fraction of sp³-hybridized carbons (Fsp3) is 0.375. The number of nitrogens with two attached hydrogens (primary N) is 1. The zero-order valence-corrected chi connectivity index (χ0v) is 18.8. The normalized spacial score (nSPS) is 15.7. The summed E-state index contributed by atoms with van der Waals surface area (Å²) in [7, 11) is 0. The average molecular weight is 469 g/mol. The monoisotopic (exact) mass is 469 g/mol. The van der Waals surface area contributed by atoms with Crippen molar-refractivity contribution in [2.24, 2.45) is 17.6 Å². The molecule has 0 bridgehead atoms. The summed E-state index contributed by atoms with van der Waals surface area (Å²) < 4.78 is 10.6. The highest BCUT2D eigenvalue weighted by Gasteiger charge is 2.37. The molecule has 0 aromatic heterocycles. The van der Waals surface area contributed by atoms with E-state index in [4.69, 9.17) is 15.2 Å². The molecular formula is C24H27N3O7. The van der Waals surface area contributed by atoms with E-state index in [1.165, 1.54) is 25.1 Å². The number of hydrogen-bond acceptors (Lipinski definition) is 7. The average Bonchev–Trinajstić information content (AvgIpc) is 2.85. The first kappa shape index (κ1) is 24.7. The van der Waals surface area contributed by atoms with Crippen molar-refractivity contribution < 1.29 is 28.8 Å². The van der Waals surface area contributed by atoms with Crippen LogP contribution in [0.1, 0.15) is 37.0 Å². The lowest BCUT2D eigenvalue weighted by molar-refractivity contribution is -0.386. The number of carbonyl (C=O) groups is 3. The van der Waals surface area contributed by atoms with Gasteiger partial charge in [0.25, 0.3) is 5.69 Å². The van der Waals surface area contributed by atoms with Gasteiger partial charge in [0, 0.05) is 25.1 Å². The molecule has 10 nitrogen and oxygen atoms in total. The lowest BCUT2D eigenvalue weighted by Gasteiger charge is -2.36. The largest absolute Gasteiger partial charge is 0.460 e. The van der Waals surface area contributed by atoms with Crippen molar-refractivity contribution in [2.45, 2.75) is 32.5 Å². The van der Waals surface area contributed by atoms with E-state index in [-0.39, 0.29) is 29.7 Å². The third-order valence-electron chi connectivity index (χ3n) is 5.91. The van der Waals surface area contributed by atoms with E-state index in [0.29, 0.717) is 25.9 Å². The number of nitro benzene ring substituents is 1. The third kappa shape index (κ3) is 6.09. The molecule has 2 atom stereocenters. The summed E-state index contributed by atoms with van der Waals surface area (Å²) in [5.41, 5.74) is 6.15. The second-order valence-electron chi connectivity index (χ2n) is 8.15. The van der Waals surface area contributed by atoms with Gasteiger partial charge in [-0.05, 0) is 31.4 Å². The number of nitrogens with zero attached hydrogens (tertiary/aromatic N) is 2. The number of likely N-dealkylation sites (tertiary alicyclic amines) is 1. The van der Waals surface area contributed by atoms with Crippen LogP contribution >= 0.6 is 0 Å². The number of amides is 2. The molecule has 1 fully saturated rings. The molecule has 1 saturated heterocycles. The smallest absolute Gasteiger partial charge is 0.405 e. The van der Waals surface area contributed by atoms with Crippen molar-refractivity contribution in [3.63, 3.8) is 0 Å². The second-order valence-corrected chi connectivity index (χ2v) is 8.15. The molecule has 0 spiro atoms. The van der Waals surface area contributed by atoms with Gasteiger partial charge in [-0.3, -0.25) is 19.7 Å². The Morgan fingerprint density at radius 2 is 1.71 bits per heavy atom. The Morgan fingerprint density at radius 3 is 2.32 bits per heavy atom. The maximum absolute atomic E-state index is 12.8. The highest BCUT2D eigenvalue weighted by molar-refractivity contribution is 5.97. The van der Waals surface area contributed by atoms with Crippen LogP contribution in [0.15, 0.2) is 54.6 Å². The number of carbonyl (C=O) groups excluding carboxylic acids is 3. The number of hydrogen-bond donors (Lipinski definition) is 1. The van der Waals surface area contributed by atoms with E-state index in [2.05, 4.69) is 0 Å². The Balaban J connectivity index is 1.62. The molecule has 0 aliphatic carbocycles. The van der Waals surface area contributed by atoms with Crippen molar-refractivity contribution >= 4 is 23.7 Å². The Morgan fingerprint density at radius 1 is 1.09 bits per heavy atom. The molecule has 1 aliphatic heterocycles. The van der Waals surface area contributed by atoms with Crippen LogP contribution in [0, 0.1) is 22.0 Å². The highest BCUT2D eigenvalue weighted by Crippen LogP contribution is 2.38. The number of para-hydroxylation sites is 1. The number of ether oxygens (including phenoxy) is 2. The fourth-order valence-electron chi connectivity index (χ4n) is 4.08. The van der Waals surface area contributed by atoms with Gasteiger partial charge in [-0.2, -0.15) is 0 Å². The molecule has 1 aliphatic rings. The molecule has 2 amide bonds. The molecule has 180 valence electrons. The summed E-state index contributed by atoms with van der Waals surface area (Å²) in [5, 5.41) is 11.5. The van der Waals surface area contributed by atoms with E-state index in [9.17, 15) is 24.5 Å². The summed E-state index contributed by atoms with van der Waals surface area (Å²) in [6.45, 7) is 2.20. The molecule has 1 heterocycles. The van der Waals surface area contributed by atoms with Gasteiger partial charge >= 0.3 is 12.1 Å². The minimum absolute atomic E-state index is 0.0847. The van der Waals surface area contributed by atoms with E-state index >= 15 is 0 Å². The van der Waals surface area contributed by atoms with E-state index in [1.807, 2.05) is 30.3 Å². The van der Waals surface area contributed by atoms with Gasteiger partial charge in [-0.25, -0.2) is 4.79 Å².